The van der Waals surface area contributed by atoms with Crippen LogP contribution in [0.15, 0.2) is 54.7 Å². The first-order chi connectivity index (χ1) is 16.3. The molecule has 10 heteroatoms. The van der Waals surface area contributed by atoms with Crippen LogP contribution in [0.3, 0.4) is 0 Å². The van der Waals surface area contributed by atoms with Crippen LogP contribution in [0.4, 0.5) is 0 Å². The highest BCUT2D eigenvalue weighted by atomic mass is 35.5. The molecular formula is C24H27ClN4O5. The van der Waals surface area contributed by atoms with E-state index in [1.807, 2.05) is 48.5 Å². The van der Waals surface area contributed by atoms with E-state index in [1.54, 1.807) is 6.92 Å². The third-order valence-corrected chi connectivity index (χ3v) is 5.68. The zero-order valence-electron chi connectivity index (χ0n) is 18.7. The van der Waals surface area contributed by atoms with E-state index in [0.29, 0.717) is 11.4 Å². The van der Waals surface area contributed by atoms with E-state index in [0.717, 1.165) is 16.7 Å². The van der Waals surface area contributed by atoms with E-state index in [2.05, 4.69) is 20.7 Å². The lowest BCUT2D eigenvalue weighted by Crippen LogP contribution is -2.44. The molecule has 0 aliphatic rings. The number of H-pyrrole nitrogens is 1. The zero-order valence-corrected chi connectivity index (χ0v) is 19.5. The number of carbonyl (C=O) groups excluding carboxylic acids is 1. The van der Waals surface area contributed by atoms with E-state index >= 15 is 0 Å². The molecule has 0 spiro atoms. The van der Waals surface area contributed by atoms with Crippen LogP contribution >= 0.6 is 11.6 Å². The minimum Gasteiger partial charge on any atom is -0.481 e. The lowest BCUT2D eigenvalue weighted by molar-refractivity contribution is -0.153. The van der Waals surface area contributed by atoms with Gasteiger partial charge in [0.05, 0.1) is 31.4 Å². The normalized spacial score (nSPS) is 13.7. The van der Waals surface area contributed by atoms with Crippen molar-refractivity contribution >= 4 is 23.5 Å². The molecule has 0 saturated carbocycles. The quantitative estimate of drug-likeness (QED) is 0.289. The molecule has 2 unspecified atom stereocenters. The maximum atomic E-state index is 12.6. The molecule has 3 rings (SSSR count). The number of nitrogens with one attached hydrogen (secondary N) is 2. The second kappa shape index (κ2) is 11.7. The number of amides is 1. The molecule has 0 fully saturated rings. The number of aliphatic carboxylic acids is 1. The summed E-state index contributed by atoms with van der Waals surface area (Å²) in [5, 5.41) is 32.2. The fraction of sp³-hybridized carbons (Fsp3) is 0.333. The summed E-state index contributed by atoms with van der Waals surface area (Å²) in [7, 11) is 0. The molecular weight excluding hydrogens is 460 g/mol. The van der Waals surface area contributed by atoms with Gasteiger partial charge in [-0.25, -0.2) is 0 Å². The molecule has 0 saturated heterocycles. The van der Waals surface area contributed by atoms with Crippen molar-refractivity contribution in [3.63, 3.8) is 0 Å². The molecule has 180 valence electrons. The number of carboxylic acid groups (broad SMARTS) is 1. The fourth-order valence-corrected chi connectivity index (χ4v) is 3.83. The number of nitrogens with zero attached hydrogens (tertiary/aromatic N) is 2. The number of hydrogen-bond donors (Lipinski definition) is 4. The van der Waals surface area contributed by atoms with Gasteiger partial charge in [0.25, 0.3) is 5.91 Å². The van der Waals surface area contributed by atoms with Crippen LogP contribution in [0, 0.1) is 5.41 Å². The van der Waals surface area contributed by atoms with E-state index in [9.17, 15) is 14.7 Å². The van der Waals surface area contributed by atoms with Crippen molar-refractivity contribution in [2.45, 2.75) is 25.8 Å². The average molecular weight is 487 g/mol. The van der Waals surface area contributed by atoms with Crippen LogP contribution in [-0.4, -0.2) is 63.4 Å². The highest BCUT2D eigenvalue weighted by Crippen LogP contribution is 2.27. The Morgan fingerprint density at radius 3 is 2.59 bits per heavy atom. The minimum atomic E-state index is -1.28. The van der Waals surface area contributed by atoms with E-state index in [1.165, 1.54) is 6.20 Å². The summed E-state index contributed by atoms with van der Waals surface area (Å²) in [6, 6.07) is 14.8. The largest absolute Gasteiger partial charge is 0.481 e. The number of aliphatic hydroxyl groups is 1. The summed E-state index contributed by atoms with van der Waals surface area (Å²) in [6.45, 7) is 1.28. The van der Waals surface area contributed by atoms with E-state index < -0.39 is 23.3 Å². The van der Waals surface area contributed by atoms with Gasteiger partial charge in [0.15, 0.2) is 5.69 Å². The van der Waals surface area contributed by atoms with Gasteiger partial charge < -0.3 is 20.3 Å². The van der Waals surface area contributed by atoms with Gasteiger partial charge in [0.1, 0.15) is 0 Å². The Bertz CT molecular complexity index is 1090. The number of benzene rings is 2. The maximum Gasteiger partial charge on any atom is 0.311 e. The summed E-state index contributed by atoms with van der Waals surface area (Å²) >= 11 is 6.09. The van der Waals surface area contributed by atoms with Gasteiger partial charge in [0, 0.05) is 11.1 Å². The number of carbonyl (C=O) groups is 2. The first-order valence-corrected chi connectivity index (χ1v) is 11.1. The highest BCUT2D eigenvalue weighted by molar-refractivity contribution is 6.30. The number of rotatable bonds is 12. The lowest BCUT2D eigenvalue weighted by atomic mass is 9.82. The Hall–Kier alpha value is -3.27. The Kier molecular flexibility index (Phi) is 8.75. The molecule has 1 heterocycles. The summed E-state index contributed by atoms with van der Waals surface area (Å²) in [5.41, 5.74) is 1.71. The zero-order chi connectivity index (χ0) is 24.6. The molecule has 2 atom stereocenters. The summed E-state index contributed by atoms with van der Waals surface area (Å²) in [4.78, 5) is 24.7. The molecule has 9 nitrogen and oxygen atoms in total. The van der Waals surface area contributed by atoms with Gasteiger partial charge in [-0.05, 0) is 48.6 Å². The van der Waals surface area contributed by atoms with Crippen molar-refractivity contribution in [2.24, 2.45) is 5.41 Å². The van der Waals surface area contributed by atoms with Crippen LogP contribution in [0.2, 0.25) is 5.02 Å². The third-order valence-electron chi connectivity index (χ3n) is 5.45. The van der Waals surface area contributed by atoms with Gasteiger partial charge >= 0.3 is 5.97 Å². The van der Waals surface area contributed by atoms with Crippen LogP contribution in [0.1, 0.15) is 29.4 Å². The van der Waals surface area contributed by atoms with Crippen molar-refractivity contribution < 1.29 is 24.5 Å². The molecule has 1 aromatic heterocycles. The standard InChI is InChI=1S/C24H27ClN4O5/c1-24(23(32)33,15-34-10-9-30)13-20(27-22(31)21-14-26-29-28-21)11-16-5-7-17(8-6-16)18-3-2-4-19(25)12-18/h2-8,12,14,20,30H,9-11,13,15H2,1H3,(H,27,31)(H,32,33)(H,26,28,29). The number of halogens is 1. The number of aromatic amines is 1. The van der Waals surface area contributed by atoms with Gasteiger partial charge in [-0.1, -0.05) is 48.0 Å². The van der Waals surface area contributed by atoms with Crippen LogP contribution in [0.5, 0.6) is 0 Å². The average Bonchev–Trinajstić information content (AvgIpc) is 3.35. The van der Waals surface area contributed by atoms with Crippen molar-refractivity contribution in [3.8, 4) is 11.1 Å². The van der Waals surface area contributed by atoms with Crippen LogP contribution in [0.25, 0.3) is 11.1 Å². The SMILES string of the molecule is CC(COCCO)(CC(Cc1ccc(-c2cccc(Cl)c2)cc1)NC(=O)c1cn[nH]n1)C(=O)O. The Labute approximate surface area is 202 Å². The van der Waals surface area contributed by atoms with Crippen LogP contribution < -0.4 is 5.32 Å². The van der Waals surface area contributed by atoms with Crippen molar-refractivity contribution in [1.29, 1.82) is 0 Å². The van der Waals surface area contributed by atoms with Gasteiger partial charge in [-0.3, -0.25) is 9.59 Å². The number of carboxylic acids is 1. The first-order valence-electron chi connectivity index (χ1n) is 10.7. The summed E-state index contributed by atoms with van der Waals surface area (Å²) in [5.74, 6) is -1.51. The Balaban J connectivity index is 1.79. The van der Waals surface area contributed by atoms with E-state index in [-0.39, 0.29) is 31.9 Å². The van der Waals surface area contributed by atoms with Gasteiger partial charge in [0.2, 0.25) is 0 Å². The number of aromatic nitrogens is 3. The van der Waals surface area contributed by atoms with Crippen LogP contribution in [-0.2, 0) is 16.0 Å². The van der Waals surface area contributed by atoms with Crippen molar-refractivity contribution in [2.75, 3.05) is 19.8 Å². The molecule has 3 aromatic rings. The maximum absolute atomic E-state index is 12.6. The topological polar surface area (TPSA) is 137 Å². The van der Waals surface area contributed by atoms with E-state index in [4.69, 9.17) is 21.4 Å². The number of hydrogen-bond acceptors (Lipinski definition) is 6. The fourth-order valence-electron chi connectivity index (χ4n) is 3.64. The minimum absolute atomic E-state index is 0.0315. The molecule has 0 bridgehead atoms. The Morgan fingerprint density at radius 2 is 1.97 bits per heavy atom. The smallest absolute Gasteiger partial charge is 0.311 e. The molecule has 1 amide bonds. The highest BCUT2D eigenvalue weighted by Gasteiger charge is 2.37. The predicted molar refractivity (Wildman–Crippen MR) is 126 cm³/mol. The van der Waals surface area contributed by atoms with Crippen molar-refractivity contribution in [3.05, 3.63) is 71.0 Å². The summed E-state index contributed by atoms with van der Waals surface area (Å²) in [6.07, 6.45) is 1.79. The predicted octanol–water partition coefficient (Wildman–Crippen LogP) is 2.96. The number of aliphatic hydroxyl groups excluding tert-OH is 1. The number of ether oxygens (including phenoxy) is 1. The molecule has 0 radical (unpaired) electrons. The second-order valence-corrected chi connectivity index (χ2v) is 8.72. The monoisotopic (exact) mass is 486 g/mol. The molecule has 0 aliphatic carbocycles. The van der Waals surface area contributed by atoms with Gasteiger partial charge in [-0.2, -0.15) is 15.4 Å². The first kappa shape index (κ1) is 25.4. The lowest BCUT2D eigenvalue weighted by Gasteiger charge is -2.30. The van der Waals surface area contributed by atoms with Gasteiger partial charge in [-0.15, -0.1) is 0 Å². The second-order valence-electron chi connectivity index (χ2n) is 8.28. The Morgan fingerprint density at radius 1 is 1.21 bits per heavy atom. The van der Waals surface area contributed by atoms with Crippen molar-refractivity contribution in [1.82, 2.24) is 20.7 Å². The molecule has 4 N–H and O–H groups in total. The molecule has 34 heavy (non-hydrogen) atoms. The third kappa shape index (κ3) is 6.86. The molecule has 2 aromatic carbocycles. The summed E-state index contributed by atoms with van der Waals surface area (Å²) < 4.78 is 5.33. The molecule has 0 aliphatic heterocycles.